The van der Waals surface area contributed by atoms with Crippen molar-refractivity contribution >= 4 is 17.6 Å². The van der Waals surface area contributed by atoms with Crippen molar-refractivity contribution in [2.24, 2.45) is 5.73 Å². The number of carboxylic acids is 1. The summed E-state index contributed by atoms with van der Waals surface area (Å²) in [5, 5.41) is 8.37. The molecule has 0 aromatic carbocycles. The number of halogens is 1. The highest BCUT2D eigenvalue weighted by Crippen LogP contribution is 2.06. The first-order valence-corrected chi connectivity index (χ1v) is 4.58. The summed E-state index contributed by atoms with van der Waals surface area (Å²) in [7, 11) is 0. The van der Waals surface area contributed by atoms with E-state index in [1.54, 1.807) is 0 Å². The van der Waals surface area contributed by atoms with Crippen molar-refractivity contribution in [2.75, 3.05) is 13.0 Å². The minimum atomic E-state index is -1.03. The van der Waals surface area contributed by atoms with E-state index in [4.69, 9.17) is 15.6 Å². The molecule has 0 rings (SSSR count). The molecule has 5 heteroatoms. The van der Waals surface area contributed by atoms with Gasteiger partial charge >= 0.3 is 5.97 Å². The number of alkyl halides is 1. The van der Waals surface area contributed by atoms with Crippen LogP contribution in [-0.2, 0) is 9.53 Å². The highest BCUT2D eigenvalue weighted by molar-refractivity contribution is 6.15. The van der Waals surface area contributed by atoms with Gasteiger partial charge in [-0.2, -0.15) is 0 Å². The number of hydrogen-bond acceptors (Lipinski definition) is 3. The number of carboxylic acid groups (broad SMARTS) is 1. The monoisotopic (exact) mass is 211 g/mol. The Morgan fingerprint density at radius 1 is 1.54 bits per heavy atom. The van der Waals surface area contributed by atoms with Gasteiger partial charge in [0.05, 0.1) is 12.2 Å². The maximum Gasteiger partial charge on any atom is 0.322 e. The Morgan fingerprint density at radius 2 is 1.92 bits per heavy atom. The van der Waals surface area contributed by atoms with E-state index in [9.17, 15) is 4.79 Å². The zero-order chi connectivity index (χ0) is 11.1. The van der Waals surface area contributed by atoms with Gasteiger partial charge in [-0.1, -0.05) is 0 Å². The molecule has 0 unspecified atom stereocenters. The van der Waals surface area contributed by atoms with Crippen LogP contribution in [0.4, 0.5) is 0 Å². The van der Waals surface area contributed by atoms with Crippen molar-refractivity contribution in [3.8, 4) is 0 Å². The van der Waals surface area contributed by atoms with Gasteiger partial charge in [0.15, 0.2) is 0 Å². The molecule has 13 heavy (non-hydrogen) atoms. The molecule has 4 nitrogen and oxygen atoms in total. The van der Waals surface area contributed by atoms with E-state index in [0.717, 1.165) is 0 Å². The minimum absolute atomic E-state index is 0.0544. The third-order valence-corrected chi connectivity index (χ3v) is 1.01. The molecule has 0 aromatic heterocycles. The quantitative estimate of drug-likeness (QED) is 0.685. The van der Waals surface area contributed by atoms with Crippen LogP contribution in [0.5, 0.6) is 0 Å². The van der Waals surface area contributed by atoms with Crippen molar-refractivity contribution in [3.05, 3.63) is 0 Å². The lowest BCUT2D eigenvalue weighted by Gasteiger charge is -2.20. The first-order chi connectivity index (χ1) is 5.83. The average Bonchev–Trinajstić information content (AvgIpc) is 2.02. The Kier molecular flexibility index (Phi) is 8.30. The number of hydrogen-bond donors (Lipinski definition) is 2. The second-order valence-corrected chi connectivity index (χ2v) is 3.37. The van der Waals surface area contributed by atoms with E-state index >= 15 is 0 Å². The third kappa shape index (κ3) is 11.7. The van der Waals surface area contributed by atoms with Crippen molar-refractivity contribution in [1.82, 2.24) is 0 Å². The van der Waals surface area contributed by atoms with Crippen LogP contribution in [0.15, 0.2) is 0 Å². The molecule has 0 amide bonds. The van der Waals surface area contributed by atoms with Crippen molar-refractivity contribution < 1.29 is 14.6 Å². The van der Waals surface area contributed by atoms with Gasteiger partial charge in [-0.05, 0) is 20.8 Å². The van der Waals surface area contributed by atoms with Crippen LogP contribution < -0.4 is 5.73 Å². The summed E-state index contributed by atoms with van der Waals surface area (Å²) < 4.78 is 5.15. The summed E-state index contributed by atoms with van der Waals surface area (Å²) in [4.78, 5) is 10.2. The normalized spacial score (nSPS) is 12.8. The molecule has 80 valence electrons. The number of aliphatic carboxylic acids is 1. The van der Waals surface area contributed by atoms with E-state index in [-0.39, 0.29) is 12.2 Å². The van der Waals surface area contributed by atoms with Crippen LogP contribution in [0.1, 0.15) is 20.8 Å². The first kappa shape index (κ1) is 15.2. The molecule has 0 aliphatic rings. The SMILES string of the molecule is CC(C)(C)OC[C@H](N)C(=O)O.CCl. The molecule has 0 bridgehead atoms. The lowest BCUT2D eigenvalue weighted by molar-refractivity contribution is -0.141. The number of nitrogens with two attached hydrogens (primary N) is 1. The van der Waals surface area contributed by atoms with Gasteiger partial charge in [-0.25, -0.2) is 0 Å². The van der Waals surface area contributed by atoms with Gasteiger partial charge in [0.1, 0.15) is 6.04 Å². The molecule has 0 radical (unpaired) electrons. The standard InChI is InChI=1S/C7H15NO3.CH3Cl/c1-7(2,3)11-4-5(8)6(9)10;1-2/h5H,4,8H2,1-3H3,(H,9,10);1H3/t5-;/m0./s1. The van der Waals surface area contributed by atoms with Crippen molar-refractivity contribution in [2.45, 2.75) is 32.4 Å². The van der Waals surface area contributed by atoms with Crippen LogP contribution in [0.25, 0.3) is 0 Å². The lowest BCUT2D eigenvalue weighted by atomic mass is 10.2. The minimum Gasteiger partial charge on any atom is -0.480 e. The summed E-state index contributed by atoms with van der Waals surface area (Å²) >= 11 is 4.64. The highest BCUT2D eigenvalue weighted by atomic mass is 35.5. The highest BCUT2D eigenvalue weighted by Gasteiger charge is 2.16. The van der Waals surface area contributed by atoms with E-state index in [0.29, 0.717) is 0 Å². The first-order valence-electron chi connectivity index (χ1n) is 3.83. The Morgan fingerprint density at radius 3 is 2.15 bits per heavy atom. The Hall–Kier alpha value is -0.320. The fourth-order valence-electron chi connectivity index (χ4n) is 0.411. The van der Waals surface area contributed by atoms with E-state index in [1.807, 2.05) is 20.8 Å². The van der Waals surface area contributed by atoms with E-state index in [2.05, 4.69) is 11.6 Å². The molecule has 0 saturated heterocycles. The van der Waals surface area contributed by atoms with E-state index < -0.39 is 12.0 Å². The summed E-state index contributed by atoms with van der Waals surface area (Å²) in [6, 6.07) is -0.922. The third-order valence-electron chi connectivity index (χ3n) is 1.01. The molecule has 0 aliphatic heterocycles. The van der Waals surface area contributed by atoms with Crippen LogP contribution in [0, 0.1) is 0 Å². The van der Waals surface area contributed by atoms with Gasteiger partial charge in [0, 0.05) is 6.38 Å². The number of carbonyl (C=O) groups is 1. The fourth-order valence-corrected chi connectivity index (χ4v) is 0.411. The zero-order valence-electron chi connectivity index (χ0n) is 8.50. The molecule has 3 N–H and O–H groups in total. The predicted octanol–water partition coefficient (Wildman–Crippen LogP) is 1.07. The summed E-state index contributed by atoms with van der Waals surface area (Å²) in [6.07, 6.45) is 1.47. The second-order valence-electron chi connectivity index (χ2n) is 3.37. The zero-order valence-corrected chi connectivity index (χ0v) is 9.26. The fraction of sp³-hybridized carbons (Fsp3) is 0.875. The molecule has 0 saturated carbocycles. The molecule has 0 aliphatic carbocycles. The molecule has 0 heterocycles. The summed E-state index contributed by atoms with van der Waals surface area (Å²) in [5.41, 5.74) is 4.87. The Labute approximate surface area is 84.0 Å². The lowest BCUT2D eigenvalue weighted by Crippen LogP contribution is -2.37. The second kappa shape index (κ2) is 7.12. The van der Waals surface area contributed by atoms with Crippen molar-refractivity contribution in [3.63, 3.8) is 0 Å². The molecule has 0 aromatic rings. The Balaban J connectivity index is 0. The average molecular weight is 212 g/mol. The number of ether oxygens (including phenoxy) is 1. The van der Waals surface area contributed by atoms with E-state index in [1.165, 1.54) is 6.38 Å². The summed E-state index contributed by atoms with van der Waals surface area (Å²) in [5.74, 6) is -1.03. The van der Waals surface area contributed by atoms with Gasteiger partial charge < -0.3 is 15.6 Å². The van der Waals surface area contributed by atoms with Crippen LogP contribution in [-0.4, -0.2) is 35.7 Å². The maximum atomic E-state index is 10.2. The molecule has 0 fully saturated rings. The summed E-state index contributed by atoms with van der Waals surface area (Å²) in [6.45, 7) is 5.60. The maximum absolute atomic E-state index is 10.2. The molecular formula is C8H18ClNO3. The smallest absolute Gasteiger partial charge is 0.322 e. The molecular weight excluding hydrogens is 194 g/mol. The molecule has 1 atom stereocenters. The van der Waals surface area contributed by atoms with Gasteiger partial charge in [-0.3, -0.25) is 4.79 Å². The van der Waals surface area contributed by atoms with Gasteiger partial charge in [-0.15, -0.1) is 11.6 Å². The largest absolute Gasteiger partial charge is 0.480 e. The Bertz CT molecular complexity index is 145. The van der Waals surface area contributed by atoms with Crippen LogP contribution in [0.2, 0.25) is 0 Å². The topological polar surface area (TPSA) is 72.5 Å². The predicted molar refractivity (Wildman–Crippen MR) is 53.1 cm³/mol. The van der Waals surface area contributed by atoms with Crippen molar-refractivity contribution in [1.29, 1.82) is 0 Å². The number of rotatable bonds is 3. The van der Waals surface area contributed by atoms with Gasteiger partial charge in [0.25, 0.3) is 0 Å². The molecule has 0 spiro atoms. The van der Waals surface area contributed by atoms with Crippen LogP contribution in [0.3, 0.4) is 0 Å². The van der Waals surface area contributed by atoms with Crippen LogP contribution >= 0.6 is 11.6 Å². The van der Waals surface area contributed by atoms with Gasteiger partial charge in [0.2, 0.25) is 0 Å².